The molecular formula is C14H7BrF4N2. The van der Waals surface area contributed by atoms with E-state index in [1.807, 2.05) is 0 Å². The fraction of sp³-hybridized carbons (Fsp3) is 0.0714. The second kappa shape index (κ2) is 5.74. The fourth-order valence-electron chi connectivity index (χ4n) is 1.70. The summed E-state index contributed by atoms with van der Waals surface area (Å²) < 4.78 is 52.2. The van der Waals surface area contributed by atoms with Crippen LogP contribution in [0.1, 0.15) is 11.1 Å². The number of rotatable bonds is 2. The summed E-state index contributed by atoms with van der Waals surface area (Å²) >= 11 is 3.17. The number of nitriles is 1. The van der Waals surface area contributed by atoms with Crippen molar-refractivity contribution in [3.8, 4) is 6.07 Å². The van der Waals surface area contributed by atoms with Crippen LogP contribution in [-0.2, 0) is 6.18 Å². The molecule has 1 N–H and O–H groups in total. The van der Waals surface area contributed by atoms with E-state index in [2.05, 4.69) is 21.2 Å². The summed E-state index contributed by atoms with van der Waals surface area (Å²) in [6.07, 6.45) is -4.64. The van der Waals surface area contributed by atoms with E-state index >= 15 is 0 Å². The van der Waals surface area contributed by atoms with Gasteiger partial charge >= 0.3 is 6.18 Å². The number of nitrogens with one attached hydrogen (secondary N) is 1. The number of hydrogen-bond acceptors (Lipinski definition) is 2. The summed E-state index contributed by atoms with van der Waals surface area (Å²) in [5.41, 5.74) is -1.12. The minimum absolute atomic E-state index is 0.104. The molecule has 0 saturated carbocycles. The highest BCUT2D eigenvalue weighted by atomic mass is 79.9. The molecule has 0 unspecified atom stereocenters. The van der Waals surface area contributed by atoms with Gasteiger partial charge in [0.1, 0.15) is 5.82 Å². The van der Waals surface area contributed by atoms with Crippen molar-refractivity contribution in [2.24, 2.45) is 0 Å². The van der Waals surface area contributed by atoms with Crippen molar-refractivity contribution in [1.82, 2.24) is 0 Å². The molecule has 0 heterocycles. The molecule has 2 aromatic carbocycles. The average Bonchev–Trinajstić information content (AvgIpc) is 2.42. The zero-order chi connectivity index (χ0) is 15.6. The molecule has 0 saturated heterocycles. The lowest BCUT2D eigenvalue weighted by Crippen LogP contribution is -2.08. The summed E-state index contributed by atoms with van der Waals surface area (Å²) in [4.78, 5) is 0. The van der Waals surface area contributed by atoms with Crippen molar-refractivity contribution < 1.29 is 17.6 Å². The van der Waals surface area contributed by atoms with E-state index in [9.17, 15) is 17.6 Å². The van der Waals surface area contributed by atoms with Gasteiger partial charge < -0.3 is 5.32 Å². The van der Waals surface area contributed by atoms with Crippen LogP contribution in [0.5, 0.6) is 0 Å². The Labute approximate surface area is 126 Å². The second-order valence-corrected chi connectivity index (χ2v) is 4.97. The van der Waals surface area contributed by atoms with E-state index in [-0.39, 0.29) is 11.4 Å². The van der Waals surface area contributed by atoms with E-state index in [1.165, 1.54) is 24.3 Å². The first-order valence-electron chi connectivity index (χ1n) is 5.64. The Morgan fingerprint density at radius 1 is 1.10 bits per heavy atom. The largest absolute Gasteiger partial charge is 0.417 e. The third-order valence-corrected chi connectivity index (χ3v) is 3.34. The van der Waals surface area contributed by atoms with Gasteiger partial charge in [-0.1, -0.05) is 0 Å². The molecule has 21 heavy (non-hydrogen) atoms. The maximum absolute atomic E-state index is 13.2. The number of hydrogen-bond donors (Lipinski definition) is 1. The molecule has 0 aliphatic rings. The Morgan fingerprint density at radius 3 is 2.43 bits per heavy atom. The molecular weight excluding hydrogens is 352 g/mol. The molecule has 0 aromatic heterocycles. The van der Waals surface area contributed by atoms with Crippen molar-refractivity contribution in [3.05, 3.63) is 57.8 Å². The molecule has 108 valence electrons. The normalized spacial score (nSPS) is 11.0. The standard InChI is InChI=1S/C14H7BrF4N2/c15-12-4-2-9(16)5-13(12)21-10-3-1-8(7-20)11(6-10)14(17,18)19/h1-6,21H. The first kappa shape index (κ1) is 15.3. The molecule has 0 bridgehead atoms. The van der Waals surface area contributed by atoms with Crippen molar-refractivity contribution >= 4 is 27.3 Å². The van der Waals surface area contributed by atoms with E-state index in [0.29, 0.717) is 4.47 Å². The predicted octanol–water partition coefficient (Wildman–Crippen LogP) is 5.22. The Balaban J connectivity index is 2.42. The van der Waals surface area contributed by atoms with Gasteiger partial charge in [-0.25, -0.2) is 4.39 Å². The average molecular weight is 359 g/mol. The van der Waals surface area contributed by atoms with Gasteiger partial charge in [0.2, 0.25) is 0 Å². The summed E-state index contributed by atoms with van der Waals surface area (Å²) in [5.74, 6) is -0.523. The second-order valence-electron chi connectivity index (χ2n) is 4.12. The topological polar surface area (TPSA) is 35.8 Å². The van der Waals surface area contributed by atoms with Gasteiger partial charge in [-0.15, -0.1) is 0 Å². The Kier molecular flexibility index (Phi) is 4.19. The highest BCUT2D eigenvalue weighted by molar-refractivity contribution is 9.10. The van der Waals surface area contributed by atoms with Crippen LogP contribution >= 0.6 is 15.9 Å². The summed E-state index contributed by atoms with van der Waals surface area (Å²) in [6.45, 7) is 0. The molecule has 0 spiro atoms. The van der Waals surface area contributed by atoms with Crippen LogP contribution in [0.2, 0.25) is 0 Å². The van der Waals surface area contributed by atoms with Crippen LogP contribution in [-0.4, -0.2) is 0 Å². The highest BCUT2D eigenvalue weighted by Crippen LogP contribution is 2.35. The molecule has 0 aliphatic carbocycles. The van der Waals surface area contributed by atoms with Gasteiger partial charge in [-0.2, -0.15) is 18.4 Å². The van der Waals surface area contributed by atoms with Gasteiger partial charge in [-0.3, -0.25) is 0 Å². The summed E-state index contributed by atoms with van der Waals surface area (Å²) in [5, 5.41) is 11.4. The smallest absolute Gasteiger partial charge is 0.355 e. The van der Waals surface area contributed by atoms with Crippen LogP contribution in [0, 0.1) is 17.1 Å². The van der Waals surface area contributed by atoms with Crippen LogP contribution in [0.15, 0.2) is 40.9 Å². The fourth-order valence-corrected chi connectivity index (χ4v) is 2.05. The van der Waals surface area contributed by atoms with Gasteiger partial charge in [-0.05, 0) is 52.3 Å². The van der Waals surface area contributed by atoms with E-state index in [1.54, 1.807) is 0 Å². The molecule has 0 fully saturated rings. The molecule has 2 aromatic rings. The number of benzene rings is 2. The summed E-state index contributed by atoms with van der Waals surface area (Å²) in [6, 6.07) is 8.51. The van der Waals surface area contributed by atoms with E-state index in [0.717, 1.165) is 18.2 Å². The zero-order valence-corrected chi connectivity index (χ0v) is 11.9. The maximum Gasteiger partial charge on any atom is 0.417 e. The quantitative estimate of drug-likeness (QED) is 0.746. The Bertz CT molecular complexity index is 720. The van der Waals surface area contributed by atoms with Gasteiger partial charge in [0, 0.05) is 10.2 Å². The lowest BCUT2D eigenvalue weighted by molar-refractivity contribution is -0.137. The van der Waals surface area contributed by atoms with Gasteiger partial charge in [0.25, 0.3) is 0 Å². The highest BCUT2D eigenvalue weighted by Gasteiger charge is 2.33. The van der Waals surface area contributed by atoms with Crippen molar-refractivity contribution in [2.75, 3.05) is 5.32 Å². The first-order chi connectivity index (χ1) is 9.81. The monoisotopic (exact) mass is 358 g/mol. The third-order valence-electron chi connectivity index (χ3n) is 2.65. The van der Waals surface area contributed by atoms with Crippen molar-refractivity contribution in [2.45, 2.75) is 6.18 Å². The van der Waals surface area contributed by atoms with Crippen LogP contribution in [0.3, 0.4) is 0 Å². The molecule has 0 atom stereocenters. The maximum atomic E-state index is 13.2. The Morgan fingerprint density at radius 2 is 1.81 bits per heavy atom. The Hall–Kier alpha value is -2.07. The molecule has 2 rings (SSSR count). The number of nitrogens with zero attached hydrogens (tertiary/aromatic N) is 1. The molecule has 0 radical (unpaired) electrons. The van der Waals surface area contributed by atoms with Gasteiger partial charge in [0.15, 0.2) is 0 Å². The van der Waals surface area contributed by atoms with Crippen molar-refractivity contribution in [1.29, 1.82) is 5.26 Å². The molecule has 2 nitrogen and oxygen atoms in total. The SMILES string of the molecule is N#Cc1ccc(Nc2cc(F)ccc2Br)cc1C(F)(F)F. The number of halogens is 5. The first-order valence-corrected chi connectivity index (χ1v) is 6.44. The van der Waals surface area contributed by atoms with Crippen molar-refractivity contribution in [3.63, 3.8) is 0 Å². The van der Waals surface area contributed by atoms with E-state index < -0.39 is 23.1 Å². The lowest BCUT2D eigenvalue weighted by Gasteiger charge is -2.13. The molecule has 7 heteroatoms. The third kappa shape index (κ3) is 3.52. The summed E-state index contributed by atoms with van der Waals surface area (Å²) in [7, 11) is 0. The molecule has 0 amide bonds. The minimum atomic E-state index is -4.64. The number of anilines is 2. The van der Waals surface area contributed by atoms with Gasteiger partial charge in [0.05, 0.1) is 22.9 Å². The van der Waals surface area contributed by atoms with Crippen LogP contribution in [0.25, 0.3) is 0 Å². The zero-order valence-electron chi connectivity index (χ0n) is 10.3. The van der Waals surface area contributed by atoms with Crippen LogP contribution in [0.4, 0.5) is 28.9 Å². The van der Waals surface area contributed by atoms with E-state index in [4.69, 9.17) is 5.26 Å². The minimum Gasteiger partial charge on any atom is -0.355 e. The number of alkyl halides is 3. The predicted molar refractivity (Wildman–Crippen MR) is 73.5 cm³/mol. The van der Waals surface area contributed by atoms with Crippen LogP contribution < -0.4 is 5.32 Å². The lowest BCUT2D eigenvalue weighted by atomic mass is 10.1. The molecule has 0 aliphatic heterocycles.